The van der Waals surface area contributed by atoms with Crippen LogP contribution < -0.4 is 10.1 Å². The van der Waals surface area contributed by atoms with Gasteiger partial charge in [-0.25, -0.2) is 4.79 Å². The number of ether oxygens (including phenoxy) is 1. The summed E-state index contributed by atoms with van der Waals surface area (Å²) in [5, 5.41) is 7.02. The number of rotatable bonds is 2. The van der Waals surface area contributed by atoms with Gasteiger partial charge in [0.05, 0.1) is 5.69 Å². The molecule has 0 aromatic heterocycles. The Morgan fingerprint density at radius 1 is 0.708 bits per heavy atom. The fraction of sp³-hybridized carbons (Fsp3) is 0. The highest BCUT2D eigenvalue weighted by Crippen LogP contribution is 2.24. The minimum absolute atomic E-state index is 0.498. The zero-order valence-corrected chi connectivity index (χ0v) is 12.9. The molecule has 24 heavy (non-hydrogen) atoms. The van der Waals surface area contributed by atoms with Crippen LogP contribution in [0.2, 0.25) is 0 Å². The molecule has 1 amide bonds. The standard InChI is InChI=1S/C21H15NO2/c23-21(22-20-11-5-9-16-7-3-4-10-19(16)20)24-18-13-12-15-6-1-2-8-17(15)14-18/h1-14H,(H,22,23). The van der Waals surface area contributed by atoms with Crippen molar-refractivity contribution in [3.8, 4) is 5.75 Å². The van der Waals surface area contributed by atoms with Gasteiger partial charge >= 0.3 is 6.09 Å². The monoisotopic (exact) mass is 313 g/mol. The molecule has 0 aliphatic carbocycles. The van der Waals surface area contributed by atoms with Crippen LogP contribution in [0.5, 0.6) is 5.75 Å². The molecule has 1 N–H and O–H groups in total. The molecule has 4 rings (SSSR count). The molecule has 0 fully saturated rings. The largest absolute Gasteiger partial charge is 0.417 e. The third kappa shape index (κ3) is 2.79. The molecule has 0 atom stereocenters. The summed E-state index contributed by atoms with van der Waals surface area (Å²) in [7, 11) is 0. The Hall–Kier alpha value is -3.33. The molecule has 0 aliphatic rings. The molecule has 0 bridgehead atoms. The predicted octanol–water partition coefficient (Wildman–Crippen LogP) is 5.60. The highest BCUT2D eigenvalue weighted by atomic mass is 16.6. The second-order valence-electron chi connectivity index (χ2n) is 5.55. The molecule has 0 radical (unpaired) electrons. The number of nitrogens with one attached hydrogen (secondary N) is 1. The van der Waals surface area contributed by atoms with Crippen LogP contribution in [-0.4, -0.2) is 6.09 Å². The van der Waals surface area contributed by atoms with E-state index in [1.807, 2.05) is 78.9 Å². The van der Waals surface area contributed by atoms with Crippen LogP contribution in [-0.2, 0) is 0 Å². The lowest BCUT2D eigenvalue weighted by Gasteiger charge is -2.10. The van der Waals surface area contributed by atoms with E-state index in [0.717, 1.165) is 27.2 Å². The predicted molar refractivity (Wildman–Crippen MR) is 97.5 cm³/mol. The van der Waals surface area contributed by atoms with E-state index < -0.39 is 6.09 Å². The third-order valence-corrected chi connectivity index (χ3v) is 3.96. The second kappa shape index (κ2) is 6.05. The number of fused-ring (bicyclic) bond motifs is 2. The number of carbonyl (C=O) groups excluding carboxylic acids is 1. The van der Waals surface area contributed by atoms with Gasteiger partial charge in [0.15, 0.2) is 0 Å². The van der Waals surface area contributed by atoms with E-state index in [4.69, 9.17) is 4.74 Å². The summed E-state index contributed by atoms with van der Waals surface area (Å²) in [5.74, 6) is 0.520. The summed E-state index contributed by atoms with van der Waals surface area (Å²) < 4.78 is 5.43. The average molecular weight is 313 g/mol. The van der Waals surface area contributed by atoms with Gasteiger partial charge in [0.2, 0.25) is 0 Å². The summed E-state index contributed by atoms with van der Waals surface area (Å²) in [6.45, 7) is 0. The van der Waals surface area contributed by atoms with Gasteiger partial charge < -0.3 is 4.74 Å². The van der Waals surface area contributed by atoms with Gasteiger partial charge in [0.1, 0.15) is 5.75 Å². The Labute approximate surface area is 139 Å². The second-order valence-corrected chi connectivity index (χ2v) is 5.55. The minimum Gasteiger partial charge on any atom is -0.410 e. The molecule has 0 aliphatic heterocycles. The molecule has 3 nitrogen and oxygen atoms in total. The molecule has 0 spiro atoms. The van der Waals surface area contributed by atoms with Crippen LogP contribution in [0, 0.1) is 0 Å². The Bertz CT molecular complexity index is 1030. The number of carbonyl (C=O) groups is 1. The van der Waals surface area contributed by atoms with Crippen molar-refractivity contribution in [1.29, 1.82) is 0 Å². The maximum Gasteiger partial charge on any atom is 0.417 e. The molecular formula is C21H15NO2. The van der Waals surface area contributed by atoms with Crippen LogP contribution in [0.15, 0.2) is 84.9 Å². The lowest BCUT2D eigenvalue weighted by atomic mass is 10.1. The van der Waals surface area contributed by atoms with Gasteiger partial charge in [-0.15, -0.1) is 0 Å². The third-order valence-electron chi connectivity index (χ3n) is 3.96. The first-order chi connectivity index (χ1) is 11.8. The zero-order valence-electron chi connectivity index (χ0n) is 12.9. The number of benzene rings is 4. The zero-order chi connectivity index (χ0) is 16.4. The number of anilines is 1. The molecule has 0 saturated heterocycles. The van der Waals surface area contributed by atoms with Gasteiger partial charge in [-0.1, -0.05) is 66.7 Å². The van der Waals surface area contributed by atoms with Gasteiger partial charge in [-0.3, -0.25) is 5.32 Å². The van der Waals surface area contributed by atoms with Crippen molar-refractivity contribution in [2.24, 2.45) is 0 Å². The first-order valence-electron chi connectivity index (χ1n) is 7.75. The number of hydrogen-bond donors (Lipinski definition) is 1. The maximum atomic E-state index is 12.2. The Morgan fingerprint density at radius 2 is 1.42 bits per heavy atom. The highest BCUT2D eigenvalue weighted by Gasteiger charge is 2.08. The minimum atomic E-state index is -0.498. The Balaban J connectivity index is 1.57. The normalized spacial score (nSPS) is 10.7. The van der Waals surface area contributed by atoms with E-state index >= 15 is 0 Å². The molecule has 116 valence electrons. The van der Waals surface area contributed by atoms with E-state index in [2.05, 4.69) is 5.32 Å². The number of amides is 1. The average Bonchev–Trinajstić information content (AvgIpc) is 2.62. The van der Waals surface area contributed by atoms with E-state index in [0.29, 0.717) is 5.75 Å². The first kappa shape index (κ1) is 14.3. The Kier molecular flexibility index (Phi) is 3.60. The van der Waals surface area contributed by atoms with Gasteiger partial charge in [-0.2, -0.15) is 0 Å². The van der Waals surface area contributed by atoms with E-state index in [-0.39, 0.29) is 0 Å². The summed E-state index contributed by atoms with van der Waals surface area (Å²) in [6, 6.07) is 27.2. The van der Waals surface area contributed by atoms with E-state index in [1.165, 1.54) is 0 Å². The quantitative estimate of drug-likeness (QED) is 0.523. The maximum absolute atomic E-state index is 12.2. The topological polar surface area (TPSA) is 38.3 Å². The van der Waals surface area contributed by atoms with Crippen LogP contribution >= 0.6 is 0 Å². The fourth-order valence-corrected chi connectivity index (χ4v) is 2.81. The van der Waals surface area contributed by atoms with Crippen molar-refractivity contribution in [2.75, 3.05) is 5.32 Å². The molecule has 0 saturated carbocycles. The summed E-state index contributed by atoms with van der Waals surface area (Å²) in [6.07, 6.45) is -0.498. The summed E-state index contributed by atoms with van der Waals surface area (Å²) in [5.41, 5.74) is 0.735. The van der Waals surface area contributed by atoms with Crippen LogP contribution in [0.25, 0.3) is 21.5 Å². The smallest absolute Gasteiger partial charge is 0.410 e. The molecular weight excluding hydrogens is 298 g/mol. The summed E-state index contributed by atoms with van der Waals surface area (Å²) in [4.78, 5) is 12.2. The van der Waals surface area contributed by atoms with Crippen molar-refractivity contribution < 1.29 is 9.53 Å². The SMILES string of the molecule is O=C(Nc1cccc2ccccc12)Oc1ccc2ccccc2c1. The van der Waals surface area contributed by atoms with Crippen molar-refractivity contribution in [3.05, 3.63) is 84.9 Å². The van der Waals surface area contributed by atoms with Crippen LogP contribution in [0.4, 0.5) is 10.5 Å². The molecule has 0 heterocycles. The first-order valence-corrected chi connectivity index (χ1v) is 7.75. The lowest BCUT2D eigenvalue weighted by Crippen LogP contribution is -2.16. The fourth-order valence-electron chi connectivity index (χ4n) is 2.81. The van der Waals surface area contributed by atoms with Gasteiger partial charge in [0.25, 0.3) is 0 Å². The highest BCUT2D eigenvalue weighted by molar-refractivity contribution is 6.00. The van der Waals surface area contributed by atoms with E-state index in [1.54, 1.807) is 6.07 Å². The van der Waals surface area contributed by atoms with Crippen LogP contribution in [0.3, 0.4) is 0 Å². The van der Waals surface area contributed by atoms with Crippen LogP contribution in [0.1, 0.15) is 0 Å². The van der Waals surface area contributed by atoms with Crippen molar-refractivity contribution in [3.63, 3.8) is 0 Å². The van der Waals surface area contributed by atoms with E-state index in [9.17, 15) is 4.79 Å². The molecule has 4 aromatic rings. The van der Waals surface area contributed by atoms with Crippen molar-refractivity contribution >= 4 is 33.3 Å². The van der Waals surface area contributed by atoms with Crippen molar-refractivity contribution in [2.45, 2.75) is 0 Å². The molecule has 0 unspecified atom stereocenters. The summed E-state index contributed by atoms with van der Waals surface area (Å²) >= 11 is 0. The lowest BCUT2D eigenvalue weighted by molar-refractivity contribution is 0.215. The molecule has 4 aromatic carbocycles. The molecule has 3 heteroatoms. The Morgan fingerprint density at radius 3 is 2.29 bits per heavy atom. The van der Waals surface area contributed by atoms with Gasteiger partial charge in [0, 0.05) is 5.39 Å². The van der Waals surface area contributed by atoms with Crippen molar-refractivity contribution in [1.82, 2.24) is 0 Å². The number of hydrogen-bond acceptors (Lipinski definition) is 2. The van der Waals surface area contributed by atoms with Gasteiger partial charge in [-0.05, 0) is 34.4 Å².